The quantitative estimate of drug-likeness (QED) is 0.831. The fourth-order valence-corrected chi connectivity index (χ4v) is 1.95. The van der Waals surface area contributed by atoms with Crippen LogP contribution in [0.2, 0.25) is 0 Å². The Bertz CT molecular complexity index is 570. The predicted octanol–water partition coefficient (Wildman–Crippen LogP) is 4.13. The lowest BCUT2D eigenvalue weighted by atomic mass is 10.2. The van der Waals surface area contributed by atoms with Gasteiger partial charge in [-0.1, -0.05) is 6.92 Å². The zero-order chi connectivity index (χ0) is 15.1. The van der Waals surface area contributed by atoms with Crippen LogP contribution in [0.15, 0.2) is 42.5 Å². The molecule has 0 aliphatic heterocycles. The van der Waals surface area contributed by atoms with E-state index in [1.807, 2.05) is 37.4 Å². The third kappa shape index (κ3) is 4.76. The second-order valence-electron chi connectivity index (χ2n) is 4.75. The Labute approximate surface area is 124 Å². The molecule has 0 saturated carbocycles. The van der Waals surface area contributed by atoms with Crippen molar-refractivity contribution >= 4 is 0 Å². The van der Waals surface area contributed by atoms with E-state index in [2.05, 4.69) is 12.2 Å². The molecule has 112 valence electrons. The van der Waals surface area contributed by atoms with Gasteiger partial charge in [-0.15, -0.1) is 0 Å². The molecule has 0 heterocycles. The molecule has 0 radical (unpaired) electrons. The minimum atomic E-state index is -0.305. The van der Waals surface area contributed by atoms with Gasteiger partial charge in [0.05, 0.1) is 6.61 Å². The van der Waals surface area contributed by atoms with Crippen LogP contribution in [0, 0.1) is 5.82 Å². The van der Waals surface area contributed by atoms with E-state index in [-0.39, 0.29) is 5.82 Å². The van der Waals surface area contributed by atoms with Crippen molar-refractivity contribution in [2.45, 2.75) is 19.9 Å². The molecule has 3 nitrogen and oxygen atoms in total. The van der Waals surface area contributed by atoms with Crippen molar-refractivity contribution in [1.82, 2.24) is 5.32 Å². The van der Waals surface area contributed by atoms with Crippen LogP contribution in [0.3, 0.4) is 0 Å². The van der Waals surface area contributed by atoms with Crippen molar-refractivity contribution in [2.24, 2.45) is 0 Å². The first-order valence-corrected chi connectivity index (χ1v) is 7.06. The van der Waals surface area contributed by atoms with Crippen molar-refractivity contribution < 1.29 is 13.9 Å². The Balaban J connectivity index is 2.07. The molecule has 0 aliphatic rings. The van der Waals surface area contributed by atoms with E-state index in [0.717, 1.165) is 17.7 Å². The maximum Gasteiger partial charge on any atom is 0.130 e. The monoisotopic (exact) mass is 289 g/mol. The highest BCUT2D eigenvalue weighted by Crippen LogP contribution is 2.25. The first-order valence-electron chi connectivity index (χ1n) is 7.06. The Kier molecular flexibility index (Phi) is 5.58. The fraction of sp³-hybridized carbons (Fsp3) is 0.294. The number of nitrogens with one attached hydrogen (secondary N) is 1. The van der Waals surface area contributed by atoms with Gasteiger partial charge in [0.2, 0.25) is 0 Å². The lowest BCUT2D eigenvalue weighted by Gasteiger charge is -2.09. The van der Waals surface area contributed by atoms with E-state index < -0.39 is 0 Å². The molecule has 21 heavy (non-hydrogen) atoms. The molecule has 0 unspecified atom stereocenters. The second-order valence-corrected chi connectivity index (χ2v) is 4.75. The van der Waals surface area contributed by atoms with Gasteiger partial charge in [-0.05, 0) is 55.4 Å². The maximum absolute atomic E-state index is 13.5. The zero-order valence-electron chi connectivity index (χ0n) is 12.4. The van der Waals surface area contributed by atoms with Crippen LogP contribution in [0.1, 0.15) is 18.9 Å². The average Bonchev–Trinajstić information content (AvgIpc) is 2.46. The summed E-state index contributed by atoms with van der Waals surface area (Å²) in [6, 6.07) is 12.0. The Hall–Kier alpha value is -2.07. The standard InChI is InChI=1S/C17H20FNO2/c1-3-8-20-15-4-6-16(7-5-15)21-17-10-13(12-19-2)9-14(18)11-17/h4-7,9-11,19H,3,8,12H2,1-2H3. The van der Waals surface area contributed by atoms with Crippen LogP contribution in [0.25, 0.3) is 0 Å². The summed E-state index contributed by atoms with van der Waals surface area (Å²) in [5.74, 6) is 1.64. The summed E-state index contributed by atoms with van der Waals surface area (Å²) >= 11 is 0. The SMILES string of the molecule is CCCOc1ccc(Oc2cc(F)cc(CNC)c2)cc1. The summed E-state index contributed by atoms with van der Waals surface area (Å²) in [5, 5.41) is 2.99. The summed E-state index contributed by atoms with van der Waals surface area (Å²) in [4.78, 5) is 0. The van der Waals surface area contributed by atoms with E-state index in [4.69, 9.17) is 9.47 Å². The van der Waals surface area contributed by atoms with Gasteiger partial charge in [-0.3, -0.25) is 0 Å². The lowest BCUT2D eigenvalue weighted by Crippen LogP contribution is -2.05. The Morgan fingerprint density at radius 3 is 2.38 bits per heavy atom. The van der Waals surface area contributed by atoms with Crippen LogP contribution in [-0.4, -0.2) is 13.7 Å². The smallest absolute Gasteiger partial charge is 0.130 e. The van der Waals surface area contributed by atoms with E-state index in [1.165, 1.54) is 12.1 Å². The summed E-state index contributed by atoms with van der Waals surface area (Å²) in [6.45, 7) is 3.35. The predicted molar refractivity (Wildman–Crippen MR) is 81.5 cm³/mol. The van der Waals surface area contributed by atoms with Gasteiger partial charge in [-0.2, -0.15) is 0 Å². The molecule has 1 N–H and O–H groups in total. The van der Waals surface area contributed by atoms with Gasteiger partial charge in [0.1, 0.15) is 23.1 Å². The number of ether oxygens (including phenoxy) is 2. The van der Waals surface area contributed by atoms with Gasteiger partial charge in [0.25, 0.3) is 0 Å². The van der Waals surface area contributed by atoms with Crippen LogP contribution < -0.4 is 14.8 Å². The molecule has 2 aromatic rings. The average molecular weight is 289 g/mol. The highest BCUT2D eigenvalue weighted by molar-refractivity contribution is 5.37. The molecule has 0 saturated heterocycles. The van der Waals surface area contributed by atoms with Gasteiger partial charge < -0.3 is 14.8 Å². The first-order chi connectivity index (χ1) is 10.2. The summed E-state index contributed by atoms with van der Waals surface area (Å²) in [5.41, 5.74) is 0.843. The highest BCUT2D eigenvalue weighted by atomic mass is 19.1. The van der Waals surface area contributed by atoms with E-state index in [9.17, 15) is 4.39 Å². The van der Waals surface area contributed by atoms with Crippen LogP contribution >= 0.6 is 0 Å². The number of benzene rings is 2. The molecule has 2 rings (SSSR count). The summed E-state index contributed by atoms with van der Waals surface area (Å²) in [7, 11) is 1.82. The molecule has 0 fully saturated rings. The number of rotatable bonds is 7. The number of hydrogen-bond donors (Lipinski definition) is 1. The van der Waals surface area contributed by atoms with Gasteiger partial charge >= 0.3 is 0 Å². The normalized spacial score (nSPS) is 10.4. The summed E-state index contributed by atoms with van der Waals surface area (Å²) in [6.07, 6.45) is 0.968. The first kappa shape index (κ1) is 15.3. The number of hydrogen-bond acceptors (Lipinski definition) is 3. The van der Waals surface area contributed by atoms with Crippen molar-refractivity contribution in [3.05, 3.63) is 53.8 Å². The largest absolute Gasteiger partial charge is 0.494 e. The van der Waals surface area contributed by atoms with E-state index in [0.29, 0.717) is 24.7 Å². The van der Waals surface area contributed by atoms with Gasteiger partial charge in [-0.25, -0.2) is 4.39 Å². The van der Waals surface area contributed by atoms with Crippen LogP contribution in [0.4, 0.5) is 4.39 Å². The number of halogens is 1. The molecule has 0 spiro atoms. The molecule has 0 bridgehead atoms. The van der Waals surface area contributed by atoms with Gasteiger partial charge in [0.15, 0.2) is 0 Å². The van der Waals surface area contributed by atoms with Gasteiger partial charge in [0, 0.05) is 12.6 Å². The maximum atomic E-state index is 13.5. The van der Waals surface area contributed by atoms with Crippen molar-refractivity contribution in [2.75, 3.05) is 13.7 Å². The Morgan fingerprint density at radius 2 is 1.71 bits per heavy atom. The molecule has 2 aromatic carbocycles. The fourth-order valence-electron chi connectivity index (χ4n) is 1.95. The molecular formula is C17H20FNO2. The topological polar surface area (TPSA) is 30.5 Å². The minimum absolute atomic E-state index is 0.305. The summed E-state index contributed by atoms with van der Waals surface area (Å²) < 4.78 is 24.7. The van der Waals surface area contributed by atoms with Crippen molar-refractivity contribution in [1.29, 1.82) is 0 Å². The van der Waals surface area contributed by atoms with Crippen LogP contribution in [0.5, 0.6) is 17.2 Å². The molecule has 0 amide bonds. The minimum Gasteiger partial charge on any atom is -0.494 e. The van der Waals surface area contributed by atoms with E-state index in [1.54, 1.807) is 0 Å². The lowest BCUT2D eigenvalue weighted by molar-refractivity contribution is 0.317. The zero-order valence-corrected chi connectivity index (χ0v) is 12.4. The van der Waals surface area contributed by atoms with Crippen LogP contribution in [-0.2, 0) is 6.54 Å². The molecular weight excluding hydrogens is 269 g/mol. The Morgan fingerprint density at radius 1 is 1.00 bits per heavy atom. The second kappa shape index (κ2) is 7.64. The third-order valence-electron chi connectivity index (χ3n) is 2.84. The molecule has 0 aromatic heterocycles. The van der Waals surface area contributed by atoms with Crippen molar-refractivity contribution in [3.63, 3.8) is 0 Å². The molecule has 4 heteroatoms. The van der Waals surface area contributed by atoms with Crippen molar-refractivity contribution in [3.8, 4) is 17.2 Å². The molecule has 0 atom stereocenters. The highest BCUT2D eigenvalue weighted by Gasteiger charge is 2.03. The third-order valence-corrected chi connectivity index (χ3v) is 2.84. The van der Waals surface area contributed by atoms with E-state index >= 15 is 0 Å². The molecule has 0 aliphatic carbocycles.